The van der Waals surface area contributed by atoms with Crippen LogP contribution in [-0.4, -0.2) is 114 Å². The number of amides is 6. The zero-order chi connectivity index (χ0) is 36.0. The number of benzene rings is 2. The number of urea groups is 2. The number of imide groups is 2. The van der Waals surface area contributed by atoms with Crippen LogP contribution < -0.4 is 0 Å². The normalized spacial score (nSPS) is 18.1. The minimum atomic E-state index is -1.15. The molecule has 2 atom stereocenters. The number of carbonyl (C=O) groups is 7. The van der Waals surface area contributed by atoms with Crippen LogP contribution in [0.25, 0.3) is 0 Å². The molecule has 2 aromatic rings. The number of aliphatic carboxylic acids is 1. The third-order valence-corrected chi connectivity index (χ3v) is 10.7. The van der Waals surface area contributed by atoms with Gasteiger partial charge in [-0.05, 0) is 40.5 Å². The number of carboxylic acids is 1. The average molecular weight is 699 g/mol. The second-order valence-electron chi connectivity index (χ2n) is 12.5. The van der Waals surface area contributed by atoms with Crippen LogP contribution in [0.3, 0.4) is 0 Å². The van der Waals surface area contributed by atoms with E-state index in [1.165, 1.54) is 33.5 Å². The van der Waals surface area contributed by atoms with Crippen LogP contribution in [0.1, 0.15) is 68.2 Å². The molecule has 2 fully saturated rings. The van der Waals surface area contributed by atoms with Crippen LogP contribution in [0.15, 0.2) is 60.7 Å². The van der Waals surface area contributed by atoms with Gasteiger partial charge in [0.15, 0.2) is 0 Å². The molecule has 2 aliphatic rings. The van der Waals surface area contributed by atoms with Crippen molar-refractivity contribution in [2.24, 2.45) is 0 Å². The summed E-state index contributed by atoms with van der Waals surface area (Å²) >= 11 is 1.93. The Kier molecular flexibility index (Phi) is 12.6. The molecule has 0 aromatic heterocycles. The molecular formula is C34H42N4O8S2. The van der Waals surface area contributed by atoms with Gasteiger partial charge >= 0.3 is 18.0 Å². The average Bonchev–Trinajstić information content (AvgIpc) is 3.30. The van der Waals surface area contributed by atoms with Crippen LogP contribution in [0.5, 0.6) is 0 Å². The first kappa shape index (κ1) is 38.3. The molecule has 0 spiro atoms. The largest absolute Gasteiger partial charge is 0.480 e. The Bertz CT molecular complexity index is 1550. The van der Waals surface area contributed by atoms with Crippen molar-refractivity contribution in [3.63, 3.8) is 0 Å². The Labute approximate surface area is 289 Å². The summed E-state index contributed by atoms with van der Waals surface area (Å²) in [5.74, 6) is -1.71. The zero-order valence-corrected chi connectivity index (χ0v) is 29.8. The topological polar surface area (TPSA) is 153 Å². The predicted molar refractivity (Wildman–Crippen MR) is 185 cm³/mol. The first-order valence-corrected chi connectivity index (χ1v) is 17.1. The maximum atomic E-state index is 12.3. The molecule has 2 heterocycles. The Morgan fingerprint density at radius 2 is 1.04 bits per heavy atom. The van der Waals surface area contributed by atoms with E-state index >= 15 is 0 Å². The molecule has 2 saturated heterocycles. The summed E-state index contributed by atoms with van der Waals surface area (Å²) in [5, 5.41) is 8.00. The molecule has 4 rings (SSSR count). The molecule has 6 amide bonds. The van der Waals surface area contributed by atoms with Crippen molar-refractivity contribution >= 4 is 63.6 Å². The van der Waals surface area contributed by atoms with Crippen LogP contribution in [-0.2, 0) is 14.4 Å². The highest BCUT2D eigenvalue weighted by Gasteiger charge is 2.50. The van der Waals surface area contributed by atoms with E-state index in [2.05, 4.69) is 0 Å². The van der Waals surface area contributed by atoms with Gasteiger partial charge in [0.25, 0.3) is 11.8 Å². The van der Waals surface area contributed by atoms with E-state index in [0.29, 0.717) is 35.9 Å². The van der Waals surface area contributed by atoms with E-state index in [-0.39, 0.29) is 46.3 Å². The lowest BCUT2D eigenvalue weighted by Crippen LogP contribution is -2.41. The smallest absolute Gasteiger partial charge is 0.327 e. The Morgan fingerprint density at radius 1 is 0.667 bits per heavy atom. The lowest BCUT2D eigenvalue weighted by molar-refractivity contribution is -0.137. The number of nitrogens with zero attached hydrogens (tertiary/aromatic N) is 4. The molecular weight excluding hydrogens is 657 g/mol. The van der Waals surface area contributed by atoms with Crippen molar-refractivity contribution in [1.82, 2.24) is 19.6 Å². The minimum Gasteiger partial charge on any atom is -0.480 e. The number of hydrogen-bond donors (Lipinski definition) is 1. The Morgan fingerprint density at radius 3 is 1.40 bits per heavy atom. The number of carbonyl (C=O) groups excluding carboxylic acids is 6. The second kappa shape index (κ2) is 15.8. The molecule has 0 aliphatic carbocycles. The summed E-state index contributed by atoms with van der Waals surface area (Å²) in [4.78, 5) is 89.8. The summed E-state index contributed by atoms with van der Waals surface area (Å²) < 4.78 is 0. The lowest BCUT2D eigenvalue weighted by atomic mass is 10.1. The second-order valence-corrected chi connectivity index (χ2v) is 15.1. The number of rotatable bonds is 11. The molecule has 48 heavy (non-hydrogen) atoms. The number of likely N-dealkylation sites (N-methyl/N-ethyl adjacent to an activating group) is 2. The summed E-state index contributed by atoms with van der Waals surface area (Å²) in [6, 6.07) is 16.7. The van der Waals surface area contributed by atoms with Crippen molar-refractivity contribution in [3.8, 4) is 0 Å². The molecule has 1 unspecified atom stereocenters. The third kappa shape index (κ3) is 8.64. The van der Waals surface area contributed by atoms with Gasteiger partial charge in [-0.25, -0.2) is 9.59 Å². The molecule has 0 saturated carbocycles. The molecule has 12 nitrogen and oxygen atoms in total. The van der Waals surface area contributed by atoms with Crippen molar-refractivity contribution in [1.29, 1.82) is 0 Å². The first-order chi connectivity index (χ1) is 22.4. The van der Waals surface area contributed by atoms with Gasteiger partial charge in [0.2, 0.25) is 10.2 Å². The highest BCUT2D eigenvalue weighted by atomic mass is 32.2. The van der Waals surface area contributed by atoms with Crippen LogP contribution in [0.2, 0.25) is 0 Å². The summed E-state index contributed by atoms with van der Waals surface area (Å²) in [6.45, 7) is 8.98. The monoisotopic (exact) mass is 698 g/mol. The fraction of sp³-hybridized carbons (Fsp3) is 0.441. The van der Waals surface area contributed by atoms with Gasteiger partial charge < -0.3 is 14.9 Å². The van der Waals surface area contributed by atoms with E-state index in [1.54, 1.807) is 77.2 Å². The number of thioether (sulfide) groups is 2. The van der Waals surface area contributed by atoms with Crippen molar-refractivity contribution < 1.29 is 38.7 Å². The number of carboxylic acid groups (broad SMARTS) is 1. The van der Waals surface area contributed by atoms with Crippen molar-refractivity contribution in [2.75, 3.05) is 27.2 Å². The van der Waals surface area contributed by atoms with Gasteiger partial charge in [0.1, 0.15) is 16.3 Å². The van der Waals surface area contributed by atoms with E-state index in [9.17, 15) is 38.7 Å². The highest BCUT2D eigenvalue weighted by Crippen LogP contribution is 2.29. The summed E-state index contributed by atoms with van der Waals surface area (Å²) in [5.41, 5.74) is -0.678. The van der Waals surface area contributed by atoms with Crippen molar-refractivity contribution in [2.45, 2.75) is 69.0 Å². The number of hydrogen-bond acceptors (Lipinski definition) is 9. The van der Waals surface area contributed by atoms with E-state index in [0.717, 1.165) is 4.90 Å². The fourth-order valence-electron chi connectivity index (χ4n) is 4.80. The molecule has 258 valence electrons. The van der Waals surface area contributed by atoms with Gasteiger partial charge in [-0.3, -0.25) is 33.8 Å². The van der Waals surface area contributed by atoms with Gasteiger partial charge in [-0.15, -0.1) is 0 Å². The fourth-order valence-corrected chi connectivity index (χ4v) is 6.52. The molecule has 2 aromatic carbocycles. The van der Waals surface area contributed by atoms with Gasteiger partial charge in [0, 0.05) is 43.6 Å². The maximum Gasteiger partial charge on any atom is 0.327 e. The van der Waals surface area contributed by atoms with E-state index in [1.807, 2.05) is 25.1 Å². The maximum absolute atomic E-state index is 12.3. The molecule has 0 radical (unpaired) electrons. The molecule has 14 heteroatoms. The Balaban J connectivity index is 0.000000261. The van der Waals surface area contributed by atoms with Gasteiger partial charge in [-0.2, -0.15) is 0 Å². The molecule has 2 aliphatic heterocycles. The van der Waals surface area contributed by atoms with Crippen LogP contribution in [0.4, 0.5) is 9.59 Å². The summed E-state index contributed by atoms with van der Waals surface area (Å²) in [6.07, 6.45) is 0.588. The third-order valence-electron chi connectivity index (χ3n) is 8.48. The van der Waals surface area contributed by atoms with Gasteiger partial charge in [-0.1, -0.05) is 91.1 Å². The molecule has 0 bridgehead atoms. The van der Waals surface area contributed by atoms with Gasteiger partial charge in [0.05, 0.1) is 0 Å². The van der Waals surface area contributed by atoms with Crippen LogP contribution in [0, 0.1) is 0 Å². The standard InChI is InChI=1S/C17H20N2O5S.C17H22N2O3S/c1-17(2)15(23)19(16(24)18(17)3)10-9-12(13(20)21)25-14(22)11-7-5-4-6-8-11;1-12(23-14(20)13-8-6-5-7-9-13)10-11-19-15(21)17(2,3)18(4)16(19)22/h4-8,12H,9-10H2,1-3H3,(H,20,21);5-9,12H,10-11H2,1-4H3/t;12-/m.0/s1. The first-order valence-electron chi connectivity index (χ1n) is 15.4. The van der Waals surface area contributed by atoms with E-state index in [4.69, 9.17) is 0 Å². The predicted octanol–water partition coefficient (Wildman–Crippen LogP) is 5.09. The Hall–Kier alpha value is -4.17. The van der Waals surface area contributed by atoms with E-state index < -0.39 is 28.3 Å². The lowest BCUT2D eigenvalue weighted by Gasteiger charge is -2.22. The van der Waals surface area contributed by atoms with Crippen LogP contribution >= 0.6 is 23.5 Å². The molecule has 1 N–H and O–H groups in total. The summed E-state index contributed by atoms with van der Waals surface area (Å²) in [7, 11) is 3.17. The zero-order valence-electron chi connectivity index (χ0n) is 28.2. The van der Waals surface area contributed by atoms with Crippen molar-refractivity contribution in [3.05, 3.63) is 71.8 Å². The highest BCUT2D eigenvalue weighted by molar-refractivity contribution is 8.15. The minimum absolute atomic E-state index is 0.0000262. The quantitative estimate of drug-likeness (QED) is 0.314. The SMILES string of the molecule is CN1C(=O)N(CCC(SC(=O)c2ccccc2)C(=O)O)C(=O)C1(C)C.C[C@@H](CCN1C(=O)N(C)C(C)(C)C1=O)SC(=O)c1ccccc1.